The fraction of sp³-hybridized carbons (Fsp3) is 0.667. The second-order valence-electron chi connectivity index (χ2n) is 6.09. The number of nitrogens with one attached hydrogen (secondary N) is 3. The van der Waals surface area contributed by atoms with Crippen LogP contribution in [0.25, 0.3) is 0 Å². The first-order chi connectivity index (χ1) is 9.80. The van der Waals surface area contributed by atoms with Gasteiger partial charge in [-0.1, -0.05) is 6.92 Å². The number of anilines is 2. The molecule has 0 saturated carbocycles. The molecule has 0 aromatic carbocycles. The summed E-state index contributed by atoms with van der Waals surface area (Å²) < 4.78 is 0. The zero-order chi connectivity index (χ0) is 15.9. The Hall–Kier alpha value is -1.85. The minimum atomic E-state index is -0.195. The van der Waals surface area contributed by atoms with Gasteiger partial charge in [0.05, 0.1) is 0 Å². The van der Waals surface area contributed by atoms with E-state index in [4.69, 9.17) is 0 Å². The summed E-state index contributed by atoms with van der Waals surface area (Å²) in [5.41, 5.74) is -0.195. The molecule has 0 saturated heterocycles. The molecule has 0 radical (unpaired) electrons. The highest BCUT2D eigenvalue weighted by molar-refractivity contribution is 5.77. The molecule has 6 heteroatoms. The standard InChI is InChI=1S/C15H27N5O/c1-6-8-16-12-10-13(19-11(2)18-12)17-9-7-14(21)20-15(3,4)5/h10H,6-9H2,1-5H3,(H,20,21)(H2,16,17,18,19). The Morgan fingerprint density at radius 3 is 2.24 bits per heavy atom. The number of amides is 1. The van der Waals surface area contributed by atoms with Crippen LogP contribution in [0.3, 0.4) is 0 Å². The molecule has 3 N–H and O–H groups in total. The number of hydrogen-bond donors (Lipinski definition) is 3. The number of hydrogen-bond acceptors (Lipinski definition) is 5. The van der Waals surface area contributed by atoms with Crippen molar-refractivity contribution in [3.05, 3.63) is 11.9 Å². The van der Waals surface area contributed by atoms with Crippen LogP contribution >= 0.6 is 0 Å². The molecule has 1 amide bonds. The lowest BCUT2D eigenvalue weighted by atomic mass is 10.1. The molecule has 118 valence electrons. The average Bonchev–Trinajstić information content (AvgIpc) is 2.33. The molecule has 6 nitrogen and oxygen atoms in total. The number of carbonyl (C=O) groups is 1. The molecule has 1 aromatic heterocycles. The van der Waals surface area contributed by atoms with Gasteiger partial charge in [0.1, 0.15) is 17.5 Å². The third-order valence-corrected chi connectivity index (χ3v) is 2.57. The van der Waals surface area contributed by atoms with Crippen molar-refractivity contribution in [2.45, 2.75) is 53.0 Å². The summed E-state index contributed by atoms with van der Waals surface area (Å²) >= 11 is 0. The summed E-state index contributed by atoms with van der Waals surface area (Å²) in [4.78, 5) is 20.4. The van der Waals surface area contributed by atoms with Gasteiger partial charge in [0.15, 0.2) is 0 Å². The van der Waals surface area contributed by atoms with Crippen molar-refractivity contribution < 1.29 is 4.79 Å². The molecule has 0 aliphatic carbocycles. The smallest absolute Gasteiger partial charge is 0.222 e. The van der Waals surface area contributed by atoms with Crippen molar-refractivity contribution in [2.75, 3.05) is 23.7 Å². The van der Waals surface area contributed by atoms with Gasteiger partial charge < -0.3 is 16.0 Å². The largest absolute Gasteiger partial charge is 0.370 e. The number of rotatable bonds is 7. The maximum Gasteiger partial charge on any atom is 0.222 e. The van der Waals surface area contributed by atoms with E-state index >= 15 is 0 Å². The highest BCUT2D eigenvalue weighted by Gasteiger charge is 2.13. The number of aromatic nitrogens is 2. The fourth-order valence-corrected chi connectivity index (χ4v) is 1.79. The fourth-order valence-electron chi connectivity index (χ4n) is 1.79. The average molecular weight is 293 g/mol. The molecule has 0 bridgehead atoms. The number of nitrogens with zero attached hydrogens (tertiary/aromatic N) is 2. The predicted octanol–water partition coefficient (Wildman–Crippen LogP) is 2.32. The van der Waals surface area contributed by atoms with Gasteiger partial charge in [0, 0.05) is 31.1 Å². The van der Waals surface area contributed by atoms with Crippen molar-refractivity contribution >= 4 is 17.5 Å². The summed E-state index contributed by atoms with van der Waals surface area (Å²) in [6.45, 7) is 11.3. The molecule has 0 spiro atoms. The van der Waals surface area contributed by atoms with E-state index < -0.39 is 0 Å². The van der Waals surface area contributed by atoms with Gasteiger partial charge in [-0.25, -0.2) is 9.97 Å². The summed E-state index contributed by atoms with van der Waals surface area (Å²) in [6, 6.07) is 1.87. The first-order valence-electron chi connectivity index (χ1n) is 7.44. The molecule has 0 unspecified atom stereocenters. The Kier molecular flexibility index (Phi) is 6.39. The first kappa shape index (κ1) is 17.2. The van der Waals surface area contributed by atoms with E-state index in [0.29, 0.717) is 18.8 Å². The molecular weight excluding hydrogens is 266 g/mol. The lowest BCUT2D eigenvalue weighted by Gasteiger charge is -2.20. The Bertz CT molecular complexity index is 468. The topological polar surface area (TPSA) is 78.9 Å². The second-order valence-corrected chi connectivity index (χ2v) is 6.09. The lowest BCUT2D eigenvalue weighted by molar-refractivity contribution is -0.122. The van der Waals surface area contributed by atoms with Crippen LogP contribution in [0.15, 0.2) is 6.07 Å². The molecule has 1 heterocycles. The van der Waals surface area contributed by atoms with Crippen molar-refractivity contribution in [1.82, 2.24) is 15.3 Å². The third kappa shape index (κ3) is 7.48. The van der Waals surface area contributed by atoms with E-state index in [1.807, 2.05) is 33.8 Å². The Morgan fingerprint density at radius 1 is 1.14 bits per heavy atom. The lowest BCUT2D eigenvalue weighted by Crippen LogP contribution is -2.41. The van der Waals surface area contributed by atoms with Gasteiger partial charge in [-0.3, -0.25) is 4.79 Å². The molecule has 0 aliphatic rings. The third-order valence-electron chi connectivity index (χ3n) is 2.57. The molecular formula is C15H27N5O. The monoisotopic (exact) mass is 293 g/mol. The van der Waals surface area contributed by atoms with E-state index in [-0.39, 0.29) is 11.4 Å². The highest BCUT2D eigenvalue weighted by atomic mass is 16.1. The maximum absolute atomic E-state index is 11.7. The van der Waals surface area contributed by atoms with E-state index in [9.17, 15) is 4.79 Å². The summed E-state index contributed by atoms with van der Waals surface area (Å²) in [5, 5.41) is 9.33. The quantitative estimate of drug-likeness (QED) is 0.719. The van der Waals surface area contributed by atoms with E-state index in [1.165, 1.54) is 0 Å². The van der Waals surface area contributed by atoms with Crippen LogP contribution in [0.5, 0.6) is 0 Å². The second kappa shape index (κ2) is 7.81. The van der Waals surface area contributed by atoms with Gasteiger partial charge >= 0.3 is 0 Å². The minimum absolute atomic E-state index is 0.0325. The van der Waals surface area contributed by atoms with Crippen molar-refractivity contribution in [1.29, 1.82) is 0 Å². The molecule has 21 heavy (non-hydrogen) atoms. The zero-order valence-corrected chi connectivity index (χ0v) is 13.7. The number of carbonyl (C=O) groups excluding carboxylic acids is 1. The van der Waals surface area contributed by atoms with Crippen molar-refractivity contribution in [3.8, 4) is 0 Å². The molecule has 1 rings (SSSR count). The van der Waals surface area contributed by atoms with Crippen LogP contribution in [0.4, 0.5) is 11.6 Å². The molecule has 1 aromatic rings. The van der Waals surface area contributed by atoms with Crippen LogP contribution in [-0.2, 0) is 4.79 Å². The molecule has 0 fully saturated rings. The van der Waals surface area contributed by atoms with Gasteiger partial charge in [0.2, 0.25) is 5.91 Å². The Labute approximate surface area is 127 Å². The zero-order valence-electron chi connectivity index (χ0n) is 13.7. The first-order valence-corrected chi connectivity index (χ1v) is 7.44. The maximum atomic E-state index is 11.7. The van der Waals surface area contributed by atoms with Gasteiger partial charge in [-0.2, -0.15) is 0 Å². The number of aryl methyl sites for hydroxylation is 1. The highest BCUT2D eigenvalue weighted by Crippen LogP contribution is 2.11. The predicted molar refractivity (Wildman–Crippen MR) is 86.6 cm³/mol. The van der Waals surface area contributed by atoms with Crippen LogP contribution in [-0.4, -0.2) is 34.5 Å². The van der Waals surface area contributed by atoms with Crippen LogP contribution in [0, 0.1) is 6.92 Å². The summed E-state index contributed by atoms with van der Waals surface area (Å²) in [5.74, 6) is 2.29. The van der Waals surface area contributed by atoms with Crippen LogP contribution < -0.4 is 16.0 Å². The van der Waals surface area contributed by atoms with E-state index in [0.717, 1.165) is 24.6 Å². The van der Waals surface area contributed by atoms with Gasteiger partial charge in [-0.05, 0) is 34.1 Å². The van der Waals surface area contributed by atoms with Crippen molar-refractivity contribution in [3.63, 3.8) is 0 Å². The normalized spacial score (nSPS) is 11.1. The Morgan fingerprint density at radius 2 is 1.71 bits per heavy atom. The van der Waals surface area contributed by atoms with E-state index in [1.54, 1.807) is 0 Å². The van der Waals surface area contributed by atoms with Crippen LogP contribution in [0.2, 0.25) is 0 Å². The summed E-state index contributed by atoms with van der Waals surface area (Å²) in [7, 11) is 0. The SMILES string of the molecule is CCCNc1cc(NCCC(=O)NC(C)(C)C)nc(C)n1. The summed E-state index contributed by atoms with van der Waals surface area (Å²) in [6.07, 6.45) is 1.46. The minimum Gasteiger partial charge on any atom is -0.370 e. The molecule has 0 aliphatic heterocycles. The molecule has 0 atom stereocenters. The Balaban J connectivity index is 2.48. The van der Waals surface area contributed by atoms with E-state index in [2.05, 4.69) is 32.8 Å². The van der Waals surface area contributed by atoms with Gasteiger partial charge in [-0.15, -0.1) is 0 Å². The van der Waals surface area contributed by atoms with Crippen molar-refractivity contribution in [2.24, 2.45) is 0 Å². The van der Waals surface area contributed by atoms with Crippen LogP contribution in [0.1, 0.15) is 46.4 Å². The van der Waals surface area contributed by atoms with Gasteiger partial charge in [0.25, 0.3) is 0 Å².